The number of amides is 1. The van der Waals surface area contributed by atoms with Gasteiger partial charge in [-0.1, -0.05) is 42.0 Å². The van der Waals surface area contributed by atoms with Gasteiger partial charge in [-0.25, -0.2) is 4.79 Å². The maximum absolute atomic E-state index is 13.1. The van der Waals surface area contributed by atoms with Gasteiger partial charge >= 0.3 is 12.1 Å². The minimum atomic E-state index is -4.46. The zero-order chi connectivity index (χ0) is 23.6. The molecule has 0 aromatic heterocycles. The average molecular weight is 445 g/mol. The number of aryl methyl sites for hydroxylation is 1. The van der Waals surface area contributed by atoms with Gasteiger partial charge in [-0.3, -0.25) is 4.79 Å². The molecule has 0 unspecified atom stereocenters. The Hall–Kier alpha value is -3.09. The van der Waals surface area contributed by atoms with Crippen molar-refractivity contribution in [3.8, 4) is 0 Å². The van der Waals surface area contributed by atoms with Crippen LogP contribution in [0.5, 0.6) is 0 Å². The van der Waals surface area contributed by atoms with Crippen LogP contribution in [0, 0.1) is 6.92 Å². The third kappa shape index (κ3) is 5.21. The Labute approximate surface area is 185 Å². The molecule has 0 bridgehead atoms. The first-order chi connectivity index (χ1) is 15.0. The Kier molecular flexibility index (Phi) is 6.77. The maximum Gasteiger partial charge on any atom is 0.416 e. The summed E-state index contributed by atoms with van der Waals surface area (Å²) in [6.07, 6.45) is -4.87. The molecular formula is C25H26F3NO3. The van der Waals surface area contributed by atoms with Crippen LogP contribution in [-0.2, 0) is 27.0 Å². The van der Waals surface area contributed by atoms with Crippen LogP contribution in [-0.4, -0.2) is 22.9 Å². The van der Waals surface area contributed by atoms with Crippen molar-refractivity contribution in [2.45, 2.75) is 58.9 Å². The molecule has 1 heterocycles. The van der Waals surface area contributed by atoms with Crippen molar-refractivity contribution in [1.82, 2.24) is 4.90 Å². The van der Waals surface area contributed by atoms with Crippen molar-refractivity contribution in [2.24, 2.45) is 0 Å². The van der Waals surface area contributed by atoms with Crippen molar-refractivity contribution >= 4 is 11.9 Å². The molecule has 0 fully saturated rings. The summed E-state index contributed by atoms with van der Waals surface area (Å²) in [6.45, 7) is 7.38. The second-order valence-electron chi connectivity index (χ2n) is 8.30. The van der Waals surface area contributed by atoms with Crippen molar-refractivity contribution in [3.63, 3.8) is 0 Å². The second kappa shape index (κ2) is 9.18. The number of esters is 1. The maximum atomic E-state index is 13.1. The van der Waals surface area contributed by atoms with Crippen molar-refractivity contribution in [2.75, 3.05) is 0 Å². The van der Waals surface area contributed by atoms with Gasteiger partial charge in [-0.05, 0) is 51.0 Å². The van der Waals surface area contributed by atoms with Gasteiger partial charge in [0, 0.05) is 18.0 Å². The largest absolute Gasteiger partial charge is 0.460 e. The van der Waals surface area contributed by atoms with E-state index in [9.17, 15) is 22.8 Å². The number of carbonyl (C=O) groups excluding carboxylic acids is 2. The molecule has 3 rings (SSSR count). The van der Waals surface area contributed by atoms with Crippen LogP contribution in [0.3, 0.4) is 0 Å². The van der Waals surface area contributed by atoms with Crippen LogP contribution in [0.15, 0.2) is 59.8 Å². The fourth-order valence-electron chi connectivity index (χ4n) is 3.93. The van der Waals surface area contributed by atoms with Crippen LogP contribution in [0.2, 0.25) is 0 Å². The van der Waals surface area contributed by atoms with E-state index in [0.29, 0.717) is 23.4 Å². The number of alkyl halides is 3. The summed E-state index contributed by atoms with van der Waals surface area (Å²) < 4.78 is 44.4. The molecule has 170 valence electrons. The highest BCUT2D eigenvalue weighted by Crippen LogP contribution is 2.39. The Balaban J connectivity index is 2.02. The predicted molar refractivity (Wildman–Crippen MR) is 114 cm³/mol. The van der Waals surface area contributed by atoms with E-state index in [2.05, 4.69) is 0 Å². The van der Waals surface area contributed by atoms with Crippen LogP contribution in [0.4, 0.5) is 13.2 Å². The molecule has 1 aliphatic heterocycles. The SMILES string of the molecule is CC1=C(C(=O)OC(C)C)[C@H](c2ccc(C(F)(F)F)cc2)CC(=O)N1Cc1cccc(C)c1. The minimum Gasteiger partial charge on any atom is -0.460 e. The number of halogens is 3. The average Bonchev–Trinajstić information content (AvgIpc) is 2.69. The first kappa shape index (κ1) is 23.6. The van der Waals surface area contributed by atoms with Gasteiger partial charge in [0.2, 0.25) is 5.91 Å². The first-order valence-electron chi connectivity index (χ1n) is 10.4. The van der Waals surface area contributed by atoms with E-state index in [4.69, 9.17) is 4.74 Å². The molecule has 32 heavy (non-hydrogen) atoms. The lowest BCUT2D eigenvalue weighted by Crippen LogP contribution is -2.38. The van der Waals surface area contributed by atoms with Crippen LogP contribution < -0.4 is 0 Å². The highest BCUT2D eigenvalue weighted by Gasteiger charge is 2.38. The van der Waals surface area contributed by atoms with Gasteiger partial charge in [-0.15, -0.1) is 0 Å². The van der Waals surface area contributed by atoms with E-state index >= 15 is 0 Å². The normalized spacial score (nSPS) is 17.2. The van der Waals surface area contributed by atoms with Gasteiger partial charge in [0.05, 0.1) is 23.8 Å². The lowest BCUT2D eigenvalue weighted by atomic mass is 9.83. The number of carbonyl (C=O) groups is 2. The first-order valence-corrected chi connectivity index (χ1v) is 10.4. The lowest BCUT2D eigenvalue weighted by Gasteiger charge is -2.35. The zero-order valence-corrected chi connectivity index (χ0v) is 18.5. The quantitative estimate of drug-likeness (QED) is 0.550. The third-order valence-corrected chi connectivity index (χ3v) is 5.45. The van der Waals surface area contributed by atoms with Crippen LogP contribution in [0.25, 0.3) is 0 Å². The summed E-state index contributed by atoms with van der Waals surface area (Å²) in [5.74, 6) is -1.44. The second-order valence-corrected chi connectivity index (χ2v) is 8.30. The topological polar surface area (TPSA) is 46.6 Å². The molecule has 1 amide bonds. The number of hydrogen-bond acceptors (Lipinski definition) is 3. The van der Waals surface area contributed by atoms with Gasteiger partial charge in [0.15, 0.2) is 0 Å². The molecule has 2 aromatic rings. The van der Waals surface area contributed by atoms with Crippen molar-refractivity contribution in [3.05, 3.63) is 82.1 Å². The summed E-state index contributed by atoms with van der Waals surface area (Å²) >= 11 is 0. The zero-order valence-electron chi connectivity index (χ0n) is 18.5. The molecule has 1 atom stereocenters. The summed E-state index contributed by atoms with van der Waals surface area (Å²) in [5.41, 5.74) is 2.41. The van der Waals surface area contributed by atoms with Crippen LogP contribution in [0.1, 0.15) is 55.4 Å². The highest BCUT2D eigenvalue weighted by atomic mass is 19.4. The molecule has 0 spiro atoms. The lowest BCUT2D eigenvalue weighted by molar-refractivity contribution is -0.144. The van der Waals surface area contributed by atoms with E-state index in [1.54, 1.807) is 25.7 Å². The fraction of sp³-hybridized carbons (Fsp3) is 0.360. The Morgan fingerprint density at radius 1 is 1.12 bits per heavy atom. The predicted octanol–water partition coefficient (Wildman–Crippen LogP) is 5.76. The molecule has 0 saturated carbocycles. The standard InChI is InChI=1S/C25H26F3NO3/c1-15(2)32-24(31)23-17(4)29(14-18-7-5-6-16(3)12-18)22(30)13-21(23)19-8-10-20(11-9-19)25(26,27)28/h5-12,15,21H,13-14H2,1-4H3/t21-/m0/s1. The molecule has 0 aliphatic carbocycles. The number of rotatable bonds is 5. The number of hydrogen-bond donors (Lipinski definition) is 0. The molecule has 0 radical (unpaired) electrons. The molecule has 0 N–H and O–H groups in total. The smallest absolute Gasteiger partial charge is 0.416 e. The van der Waals surface area contributed by atoms with E-state index in [0.717, 1.165) is 23.3 Å². The molecule has 0 saturated heterocycles. The number of nitrogens with zero attached hydrogens (tertiary/aromatic N) is 1. The number of ether oxygens (including phenoxy) is 1. The summed E-state index contributed by atoms with van der Waals surface area (Å²) in [5, 5.41) is 0. The molecule has 7 heteroatoms. The molecule has 1 aliphatic rings. The van der Waals surface area contributed by atoms with E-state index in [1.807, 2.05) is 31.2 Å². The minimum absolute atomic E-state index is 0.0307. The third-order valence-electron chi connectivity index (χ3n) is 5.45. The van der Waals surface area contributed by atoms with E-state index < -0.39 is 23.6 Å². The molecular weight excluding hydrogens is 419 g/mol. The molecule has 4 nitrogen and oxygen atoms in total. The summed E-state index contributed by atoms with van der Waals surface area (Å²) in [7, 11) is 0. The summed E-state index contributed by atoms with van der Waals surface area (Å²) in [6, 6.07) is 12.3. The highest BCUT2D eigenvalue weighted by molar-refractivity contribution is 5.96. The summed E-state index contributed by atoms with van der Waals surface area (Å²) in [4.78, 5) is 27.6. The van der Waals surface area contributed by atoms with Gasteiger partial charge in [0.25, 0.3) is 0 Å². The monoisotopic (exact) mass is 445 g/mol. The van der Waals surface area contributed by atoms with Gasteiger partial charge in [0.1, 0.15) is 0 Å². The molecule has 2 aromatic carbocycles. The van der Waals surface area contributed by atoms with Crippen molar-refractivity contribution < 1.29 is 27.5 Å². The Morgan fingerprint density at radius 2 is 1.78 bits per heavy atom. The van der Waals surface area contributed by atoms with E-state index in [1.165, 1.54) is 12.1 Å². The Morgan fingerprint density at radius 3 is 2.34 bits per heavy atom. The van der Waals surface area contributed by atoms with Crippen molar-refractivity contribution in [1.29, 1.82) is 0 Å². The fourth-order valence-corrected chi connectivity index (χ4v) is 3.93. The van der Waals surface area contributed by atoms with E-state index in [-0.39, 0.29) is 18.4 Å². The number of allylic oxidation sites excluding steroid dienone is 1. The van der Waals surface area contributed by atoms with Crippen LogP contribution >= 0.6 is 0 Å². The van der Waals surface area contributed by atoms with Gasteiger partial charge in [-0.2, -0.15) is 13.2 Å². The van der Waals surface area contributed by atoms with Gasteiger partial charge < -0.3 is 9.64 Å². The number of benzene rings is 2. The Bertz CT molecular complexity index is 1040.